The van der Waals surface area contributed by atoms with Gasteiger partial charge >= 0.3 is 0 Å². The predicted molar refractivity (Wildman–Crippen MR) is 129 cm³/mol. The molecule has 9 nitrogen and oxygen atoms in total. The number of nitrogens with one attached hydrogen (secondary N) is 1. The Labute approximate surface area is 210 Å². The molecule has 3 heterocycles. The van der Waals surface area contributed by atoms with Gasteiger partial charge in [0.25, 0.3) is 5.91 Å². The average Bonchev–Trinajstić information content (AvgIpc) is 3.40. The van der Waals surface area contributed by atoms with E-state index in [1.807, 2.05) is 18.7 Å². The van der Waals surface area contributed by atoms with Crippen LogP contribution in [-0.2, 0) is 9.59 Å². The minimum atomic E-state index is -0.343. The van der Waals surface area contributed by atoms with Crippen molar-refractivity contribution in [2.24, 2.45) is 5.41 Å². The van der Waals surface area contributed by atoms with Gasteiger partial charge in [0.1, 0.15) is 11.6 Å². The zero-order chi connectivity index (χ0) is 25.3. The molecule has 2 aromatic rings. The molecule has 194 valence electrons. The summed E-state index contributed by atoms with van der Waals surface area (Å²) in [5.41, 5.74) is -0.0222. The fraction of sp³-hybridized carbons (Fsp3) is 0.615. The summed E-state index contributed by atoms with van der Waals surface area (Å²) >= 11 is 0. The second-order valence-corrected chi connectivity index (χ2v) is 10.7. The summed E-state index contributed by atoms with van der Waals surface area (Å²) in [7, 11) is 0. The molecule has 2 amide bonds. The molecule has 0 bridgehead atoms. The Morgan fingerprint density at radius 1 is 1.19 bits per heavy atom. The molecule has 1 aliphatic carbocycles. The van der Waals surface area contributed by atoms with E-state index in [-0.39, 0.29) is 41.6 Å². The van der Waals surface area contributed by atoms with Gasteiger partial charge in [0.2, 0.25) is 17.7 Å². The largest absolute Gasteiger partial charge is 0.484 e. The van der Waals surface area contributed by atoms with Crippen LogP contribution in [-0.4, -0.2) is 70.6 Å². The molecule has 0 radical (unpaired) electrons. The number of carbonyl (C=O) groups excluding carboxylic acids is 2. The van der Waals surface area contributed by atoms with Crippen LogP contribution >= 0.6 is 0 Å². The Hall–Kier alpha value is -3.01. The van der Waals surface area contributed by atoms with E-state index in [0.29, 0.717) is 43.2 Å². The van der Waals surface area contributed by atoms with Crippen molar-refractivity contribution in [2.75, 3.05) is 32.8 Å². The minimum Gasteiger partial charge on any atom is -0.484 e. The molecule has 1 aromatic heterocycles. The summed E-state index contributed by atoms with van der Waals surface area (Å²) in [4.78, 5) is 29.4. The molecule has 2 saturated heterocycles. The van der Waals surface area contributed by atoms with E-state index in [2.05, 4.69) is 20.4 Å². The number of nitrogens with zero attached hydrogens (tertiary/aromatic N) is 4. The SMILES string of the molecule is CC(C)c1nnc(C2CC3(CCN(C(=O)COc4ccc(F)cc4)CC3)CN2CC(=O)NC2CC2)o1. The van der Waals surface area contributed by atoms with Gasteiger partial charge < -0.3 is 19.4 Å². The summed E-state index contributed by atoms with van der Waals surface area (Å²) in [5.74, 6) is 1.40. The van der Waals surface area contributed by atoms with E-state index in [9.17, 15) is 14.0 Å². The van der Waals surface area contributed by atoms with Crippen LogP contribution in [0.1, 0.15) is 69.7 Å². The number of piperidine rings is 1. The van der Waals surface area contributed by atoms with Gasteiger partial charge in [-0.3, -0.25) is 14.5 Å². The van der Waals surface area contributed by atoms with Crippen LogP contribution in [0.4, 0.5) is 4.39 Å². The molecule has 1 saturated carbocycles. The molecular formula is C26H34FN5O4. The molecule has 1 unspecified atom stereocenters. The third-order valence-corrected chi connectivity index (χ3v) is 7.48. The fourth-order valence-corrected chi connectivity index (χ4v) is 5.21. The Morgan fingerprint density at radius 2 is 1.92 bits per heavy atom. The van der Waals surface area contributed by atoms with Crippen LogP contribution in [0.2, 0.25) is 0 Å². The number of rotatable bonds is 8. The van der Waals surface area contributed by atoms with Gasteiger partial charge in [-0.15, -0.1) is 10.2 Å². The molecule has 36 heavy (non-hydrogen) atoms. The Bertz CT molecular complexity index is 1080. The van der Waals surface area contributed by atoms with Crippen LogP contribution in [0.3, 0.4) is 0 Å². The first-order valence-electron chi connectivity index (χ1n) is 12.8. The van der Waals surface area contributed by atoms with Gasteiger partial charge in [-0.25, -0.2) is 4.39 Å². The van der Waals surface area contributed by atoms with Crippen molar-refractivity contribution in [3.63, 3.8) is 0 Å². The van der Waals surface area contributed by atoms with Crippen molar-refractivity contribution < 1.29 is 23.1 Å². The summed E-state index contributed by atoms with van der Waals surface area (Å²) in [6.07, 6.45) is 4.58. The number of hydrogen-bond donors (Lipinski definition) is 1. The fourth-order valence-electron chi connectivity index (χ4n) is 5.21. The number of likely N-dealkylation sites (tertiary alicyclic amines) is 2. The van der Waals surface area contributed by atoms with Crippen molar-refractivity contribution in [3.05, 3.63) is 41.9 Å². The smallest absolute Gasteiger partial charge is 0.260 e. The van der Waals surface area contributed by atoms with Crippen molar-refractivity contribution in [1.29, 1.82) is 0 Å². The first-order chi connectivity index (χ1) is 17.3. The topological polar surface area (TPSA) is 101 Å². The van der Waals surface area contributed by atoms with Gasteiger partial charge in [0, 0.05) is 31.6 Å². The third-order valence-electron chi connectivity index (χ3n) is 7.48. The molecule has 1 N–H and O–H groups in total. The van der Waals surface area contributed by atoms with Crippen molar-refractivity contribution in [1.82, 2.24) is 25.3 Å². The van der Waals surface area contributed by atoms with Crippen LogP contribution in [0.5, 0.6) is 5.75 Å². The number of carbonyl (C=O) groups is 2. The highest BCUT2D eigenvalue weighted by Crippen LogP contribution is 2.48. The lowest BCUT2D eigenvalue weighted by Crippen LogP contribution is -2.46. The normalized spacial score (nSPS) is 21.8. The molecule has 1 spiro atoms. The molecule has 3 aliphatic rings. The van der Waals surface area contributed by atoms with Gasteiger partial charge in [-0.2, -0.15) is 0 Å². The molecule has 2 aliphatic heterocycles. The minimum absolute atomic E-state index is 0.0222. The molecule has 1 atom stereocenters. The van der Waals surface area contributed by atoms with E-state index in [4.69, 9.17) is 9.15 Å². The lowest BCUT2D eigenvalue weighted by molar-refractivity contribution is -0.135. The lowest BCUT2D eigenvalue weighted by Gasteiger charge is -2.39. The average molecular weight is 500 g/mol. The number of hydrogen-bond acceptors (Lipinski definition) is 7. The maximum atomic E-state index is 13.1. The summed E-state index contributed by atoms with van der Waals surface area (Å²) < 4.78 is 24.6. The first kappa shape index (κ1) is 24.7. The maximum Gasteiger partial charge on any atom is 0.260 e. The number of aromatic nitrogens is 2. The highest BCUT2D eigenvalue weighted by Gasteiger charge is 2.48. The molecule has 3 fully saturated rings. The van der Waals surface area contributed by atoms with Gasteiger partial charge in [0.15, 0.2) is 6.61 Å². The summed E-state index contributed by atoms with van der Waals surface area (Å²) in [6.45, 7) is 6.26. The molecule has 10 heteroatoms. The van der Waals surface area contributed by atoms with Crippen molar-refractivity contribution >= 4 is 11.8 Å². The zero-order valence-corrected chi connectivity index (χ0v) is 20.9. The highest BCUT2D eigenvalue weighted by atomic mass is 19.1. The van der Waals surface area contributed by atoms with Gasteiger partial charge in [-0.05, 0) is 61.8 Å². The number of ether oxygens (including phenoxy) is 1. The number of halogens is 1. The maximum absolute atomic E-state index is 13.1. The van der Waals surface area contributed by atoms with Gasteiger partial charge in [-0.1, -0.05) is 13.8 Å². The van der Waals surface area contributed by atoms with Crippen LogP contribution < -0.4 is 10.1 Å². The van der Waals surface area contributed by atoms with Crippen molar-refractivity contribution in [2.45, 2.75) is 64.0 Å². The highest BCUT2D eigenvalue weighted by molar-refractivity contribution is 5.79. The van der Waals surface area contributed by atoms with E-state index in [1.54, 1.807) is 0 Å². The second-order valence-electron chi connectivity index (χ2n) is 10.7. The first-order valence-corrected chi connectivity index (χ1v) is 12.8. The van der Waals surface area contributed by atoms with Crippen LogP contribution in [0.25, 0.3) is 0 Å². The second kappa shape index (κ2) is 10.2. The predicted octanol–water partition coefficient (Wildman–Crippen LogP) is 3.05. The van der Waals surface area contributed by atoms with E-state index >= 15 is 0 Å². The van der Waals surface area contributed by atoms with Crippen LogP contribution in [0, 0.1) is 11.2 Å². The quantitative estimate of drug-likeness (QED) is 0.596. The lowest BCUT2D eigenvalue weighted by atomic mass is 9.76. The molecule has 1 aromatic carbocycles. The summed E-state index contributed by atoms with van der Waals surface area (Å²) in [6, 6.07) is 5.86. The van der Waals surface area contributed by atoms with Gasteiger partial charge in [0.05, 0.1) is 12.6 Å². The zero-order valence-electron chi connectivity index (χ0n) is 20.9. The number of amides is 2. The Balaban J connectivity index is 1.21. The van der Waals surface area contributed by atoms with E-state index < -0.39 is 0 Å². The van der Waals surface area contributed by atoms with E-state index in [1.165, 1.54) is 24.3 Å². The standard InChI is InChI=1S/C26H34FN5O4/c1-17(2)24-29-30-25(36-24)21-13-26(16-32(21)14-22(33)28-19-5-6-19)9-11-31(12-10-26)23(34)15-35-20-7-3-18(27)4-8-20/h3-4,7-8,17,19,21H,5-6,9-16H2,1-2H3,(H,28,33). The van der Waals surface area contributed by atoms with Crippen LogP contribution in [0.15, 0.2) is 28.7 Å². The number of benzene rings is 1. The Kier molecular flexibility index (Phi) is 6.96. The molecule has 5 rings (SSSR count). The van der Waals surface area contributed by atoms with Crippen molar-refractivity contribution in [3.8, 4) is 5.75 Å². The molecular weight excluding hydrogens is 465 g/mol. The Morgan fingerprint density at radius 3 is 2.56 bits per heavy atom. The monoisotopic (exact) mass is 499 g/mol. The third kappa shape index (κ3) is 5.69. The summed E-state index contributed by atoms with van der Waals surface area (Å²) in [5, 5.41) is 11.6. The van der Waals surface area contributed by atoms with E-state index in [0.717, 1.165) is 38.6 Å².